The van der Waals surface area contributed by atoms with Crippen molar-refractivity contribution in [3.05, 3.63) is 0 Å². The summed E-state index contributed by atoms with van der Waals surface area (Å²) in [5.74, 6) is 2.07. The number of ether oxygens (including phenoxy) is 3. The molecule has 2 fully saturated rings. The molecule has 0 saturated carbocycles. The quantitative estimate of drug-likeness (QED) is 0.724. The van der Waals surface area contributed by atoms with E-state index in [1.807, 2.05) is 18.7 Å². The second-order valence-electron chi connectivity index (χ2n) is 4.73. The van der Waals surface area contributed by atoms with Gasteiger partial charge in [-0.15, -0.1) is 0 Å². The van der Waals surface area contributed by atoms with Crippen LogP contribution in [-0.4, -0.2) is 43.1 Å². The Balaban J connectivity index is 1.88. The zero-order valence-electron chi connectivity index (χ0n) is 10.4. The molecule has 0 aromatic carbocycles. The molecule has 2 rings (SSSR count). The van der Waals surface area contributed by atoms with E-state index in [4.69, 9.17) is 9.47 Å². The van der Waals surface area contributed by atoms with Crippen molar-refractivity contribution in [3.8, 4) is 0 Å². The van der Waals surface area contributed by atoms with Gasteiger partial charge in [-0.3, -0.25) is 4.79 Å². The Kier molecular flexibility index (Phi) is 4.33. The molecule has 0 amide bonds. The minimum absolute atomic E-state index is 0.151. The first kappa shape index (κ1) is 13.2. The van der Waals surface area contributed by atoms with E-state index < -0.39 is 5.79 Å². The Labute approximate surface area is 106 Å². The van der Waals surface area contributed by atoms with Gasteiger partial charge in [0.15, 0.2) is 5.79 Å². The predicted molar refractivity (Wildman–Crippen MR) is 65.9 cm³/mol. The average Bonchev–Trinajstić information content (AvgIpc) is 2.73. The molecular formula is C12H20O4S. The van der Waals surface area contributed by atoms with Crippen molar-refractivity contribution in [2.75, 3.05) is 25.2 Å². The monoisotopic (exact) mass is 260 g/mol. The molecule has 2 aliphatic rings. The highest BCUT2D eigenvalue weighted by Gasteiger charge is 2.44. The van der Waals surface area contributed by atoms with Crippen molar-refractivity contribution >= 4 is 17.7 Å². The number of hydrogen-bond donors (Lipinski definition) is 0. The van der Waals surface area contributed by atoms with Gasteiger partial charge in [0.25, 0.3) is 0 Å². The zero-order chi connectivity index (χ0) is 12.3. The molecule has 2 atom stereocenters. The Morgan fingerprint density at radius 2 is 2.18 bits per heavy atom. The van der Waals surface area contributed by atoms with Gasteiger partial charge in [-0.2, -0.15) is 11.8 Å². The highest BCUT2D eigenvalue weighted by atomic mass is 32.2. The summed E-state index contributed by atoms with van der Waals surface area (Å²) in [5, 5.41) is 0. The first-order valence-electron chi connectivity index (χ1n) is 6.10. The predicted octanol–water partition coefficient (Wildman–Crippen LogP) is 1.82. The molecule has 4 nitrogen and oxygen atoms in total. The topological polar surface area (TPSA) is 44.8 Å². The molecular weight excluding hydrogens is 240 g/mol. The van der Waals surface area contributed by atoms with Crippen LogP contribution in [0.5, 0.6) is 0 Å². The molecule has 2 unspecified atom stereocenters. The zero-order valence-corrected chi connectivity index (χ0v) is 11.3. The van der Waals surface area contributed by atoms with Gasteiger partial charge in [0.2, 0.25) is 0 Å². The first-order chi connectivity index (χ1) is 8.14. The number of methoxy groups -OCH3 is 1. The van der Waals surface area contributed by atoms with E-state index in [0.717, 1.165) is 12.8 Å². The fraction of sp³-hybridized carbons (Fsp3) is 0.917. The Morgan fingerprint density at radius 1 is 1.47 bits per heavy atom. The molecule has 0 aliphatic carbocycles. The Bertz CT molecular complexity index is 278. The van der Waals surface area contributed by atoms with Crippen LogP contribution in [0, 0.1) is 5.92 Å². The van der Waals surface area contributed by atoms with Gasteiger partial charge in [0.1, 0.15) is 0 Å². The summed E-state index contributed by atoms with van der Waals surface area (Å²) >= 11 is 1.99. The van der Waals surface area contributed by atoms with Gasteiger partial charge in [-0.1, -0.05) is 0 Å². The molecule has 0 aromatic rings. The van der Waals surface area contributed by atoms with Gasteiger partial charge in [0.05, 0.1) is 26.2 Å². The number of thioether (sulfide) groups is 1. The van der Waals surface area contributed by atoms with Crippen molar-refractivity contribution in [1.82, 2.24) is 0 Å². The molecule has 17 heavy (non-hydrogen) atoms. The average molecular weight is 260 g/mol. The summed E-state index contributed by atoms with van der Waals surface area (Å²) in [6, 6.07) is 0. The van der Waals surface area contributed by atoms with Crippen LogP contribution >= 0.6 is 11.8 Å². The maximum absolute atomic E-state index is 11.2. The summed E-state index contributed by atoms with van der Waals surface area (Å²) in [5.41, 5.74) is 0. The van der Waals surface area contributed by atoms with E-state index in [1.54, 1.807) is 0 Å². The number of hydrogen-bond acceptors (Lipinski definition) is 5. The van der Waals surface area contributed by atoms with Gasteiger partial charge in [-0.25, -0.2) is 0 Å². The van der Waals surface area contributed by atoms with E-state index in [9.17, 15) is 4.79 Å². The molecule has 98 valence electrons. The second-order valence-corrected chi connectivity index (χ2v) is 5.96. The lowest BCUT2D eigenvalue weighted by Gasteiger charge is -2.35. The summed E-state index contributed by atoms with van der Waals surface area (Å²) in [4.78, 5) is 11.2. The molecule has 2 aliphatic heterocycles. The fourth-order valence-corrected chi connectivity index (χ4v) is 3.57. The van der Waals surface area contributed by atoms with Crippen LogP contribution in [-0.2, 0) is 19.0 Å². The van der Waals surface area contributed by atoms with E-state index >= 15 is 0 Å². The summed E-state index contributed by atoms with van der Waals surface area (Å²) < 4.78 is 16.4. The number of esters is 1. The first-order valence-corrected chi connectivity index (χ1v) is 7.26. The van der Waals surface area contributed by atoms with Crippen LogP contribution in [0.3, 0.4) is 0 Å². The van der Waals surface area contributed by atoms with Gasteiger partial charge < -0.3 is 14.2 Å². The third kappa shape index (κ3) is 3.14. The lowest BCUT2D eigenvalue weighted by atomic mass is 9.94. The van der Waals surface area contributed by atoms with Gasteiger partial charge in [-0.05, 0) is 31.3 Å². The van der Waals surface area contributed by atoms with Crippen molar-refractivity contribution in [3.63, 3.8) is 0 Å². The Hall–Kier alpha value is -0.260. The Morgan fingerprint density at radius 3 is 2.82 bits per heavy atom. The molecule has 0 N–H and O–H groups in total. The summed E-state index contributed by atoms with van der Waals surface area (Å²) in [6.45, 7) is 2.50. The lowest BCUT2D eigenvalue weighted by molar-refractivity contribution is -0.194. The number of carbonyl (C=O) groups is 1. The van der Waals surface area contributed by atoms with Crippen LogP contribution in [0.2, 0.25) is 0 Å². The highest BCUT2D eigenvalue weighted by molar-refractivity contribution is 7.99. The third-order valence-corrected chi connectivity index (χ3v) is 4.59. The van der Waals surface area contributed by atoms with Crippen LogP contribution in [0.15, 0.2) is 0 Å². The molecule has 0 spiro atoms. The van der Waals surface area contributed by atoms with E-state index in [1.165, 1.54) is 18.6 Å². The maximum atomic E-state index is 11.2. The minimum atomic E-state index is -0.500. The largest absolute Gasteiger partial charge is 0.469 e. The molecule has 0 aromatic heterocycles. The second kappa shape index (κ2) is 5.59. The summed E-state index contributed by atoms with van der Waals surface area (Å²) in [7, 11) is 1.40. The van der Waals surface area contributed by atoms with E-state index in [-0.39, 0.29) is 18.5 Å². The smallest absolute Gasteiger partial charge is 0.308 e. The molecule has 5 heteroatoms. The highest BCUT2D eigenvalue weighted by Crippen LogP contribution is 2.39. The minimum Gasteiger partial charge on any atom is -0.469 e. The SMILES string of the molecule is COC(=O)CC1COC(C)(C2CCSCC2)O1. The lowest BCUT2D eigenvalue weighted by Crippen LogP contribution is -2.38. The van der Waals surface area contributed by atoms with Crippen molar-refractivity contribution in [2.45, 2.75) is 38.1 Å². The molecule has 2 heterocycles. The van der Waals surface area contributed by atoms with E-state index in [2.05, 4.69) is 4.74 Å². The van der Waals surface area contributed by atoms with Crippen LogP contribution in [0.25, 0.3) is 0 Å². The molecule has 0 bridgehead atoms. The fourth-order valence-electron chi connectivity index (χ4n) is 2.46. The van der Waals surface area contributed by atoms with Crippen molar-refractivity contribution in [2.24, 2.45) is 5.92 Å². The normalized spacial score (nSPS) is 34.8. The van der Waals surface area contributed by atoms with Crippen LogP contribution in [0.4, 0.5) is 0 Å². The van der Waals surface area contributed by atoms with E-state index in [0.29, 0.717) is 12.5 Å². The molecule has 0 radical (unpaired) electrons. The standard InChI is InChI=1S/C12H20O4S/c1-12(9-3-5-17-6-4-9)15-8-10(16-12)7-11(13)14-2/h9-10H,3-8H2,1-2H3. The van der Waals surface area contributed by atoms with Crippen LogP contribution in [0.1, 0.15) is 26.2 Å². The summed E-state index contributed by atoms with van der Waals surface area (Å²) in [6.07, 6.45) is 2.40. The van der Waals surface area contributed by atoms with Crippen molar-refractivity contribution in [1.29, 1.82) is 0 Å². The number of rotatable bonds is 3. The third-order valence-electron chi connectivity index (χ3n) is 3.54. The number of carbonyl (C=O) groups excluding carboxylic acids is 1. The van der Waals surface area contributed by atoms with Crippen molar-refractivity contribution < 1.29 is 19.0 Å². The molecule has 2 saturated heterocycles. The maximum Gasteiger partial charge on any atom is 0.308 e. The van der Waals surface area contributed by atoms with Gasteiger partial charge in [0, 0.05) is 5.92 Å². The van der Waals surface area contributed by atoms with Crippen LogP contribution < -0.4 is 0 Å². The van der Waals surface area contributed by atoms with Gasteiger partial charge >= 0.3 is 5.97 Å².